The van der Waals surface area contributed by atoms with Crippen LogP contribution in [-0.2, 0) is 7.05 Å². The molecule has 1 fully saturated rings. The predicted molar refractivity (Wildman–Crippen MR) is 101 cm³/mol. The highest BCUT2D eigenvalue weighted by Crippen LogP contribution is 2.26. The number of hydrogen-bond donors (Lipinski definition) is 0. The maximum absolute atomic E-state index is 12.2. The number of ether oxygens (including phenoxy) is 1. The molecule has 0 saturated carbocycles. The van der Waals surface area contributed by atoms with E-state index < -0.39 is 0 Å². The largest absolute Gasteiger partial charge is 0.464 e. The van der Waals surface area contributed by atoms with Gasteiger partial charge in [0, 0.05) is 49.4 Å². The topological polar surface area (TPSA) is 73.1 Å². The lowest BCUT2D eigenvalue weighted by Crippen LogP contribution is -2.24. The minimum Gasteiger partial charge on any atom is -0.464 e. The Morgan fingerprint density at radius 2 is 2.27 bits per heavy atom. The zero-order chi connectivity index (χ0) is 17.9. The number of hydrogen-bond acceptors (Lipinski definition) is 7. The smallest absolute Gasteiger partial charge is 0.299 e. The van der Waals surface area contributed by atoms with Gasteiger partial charge in [0.05, 0.1) is 18.0 Å². The fourth-order valence-corrected chi connectivity index (χ4v) is 3.72. The molecule has 4 heterocycles. The molecular weight excluding hydrogens is 350 g/mol. The van der Waals surface area contributed by atoms with Crippen molar-refractivity contribution in [2.75, 3.05) is 24.6 Å². The molecule has 1 saturated heterocycles. The van der Waals surface area contributed by atoms with Gasteiger partial charge in [0.15, 0.2) is 0 Å². The van der Waals surface area contributed by atoms with Crippen molar-refractivity contribution in [2.45, 2.75) is 6.42 Å². The van der Waals surface area contributed by atoms with Crippen LogP contribution in [0.3, 0.4) is 0 Å². The minimum atomic E-state index is -0.171. The summed E-state index contributed by atoms with van der Waals surface area (Å²) in [5.41, 5.74) is 2.20. The molecule has 0 aliphatic carbocycles. The van der Waals surface area contributed by atoms with Gasteiger partial charge in [0.25, 0.3) is 11.6 Å². The Bertz CT molecular complexity index is 927. The van der Waals surface area contributed by atoms with Crippen molar-refractivity contribution >= 4 is 17.0 Å². The number of rotatable bonds is 5. The molecule has 0 aromatic carbocycles. The second-order valence-electron chi connectivity index (χ2n) is 6.31. The number of nitrogens with zero attached hydrogens (tertiary/aromatic N) is 5. The van der Waals surface area contributed by atoms with Crippen molar-refractivity contribution in [2.24, 2.45) is 13.0 Å². The zero-order valence-electron chi connectivity index (χ0n) is 14.4. The van der Waals surface area contributed by atoms with E-state index in [1.165, 1.54) is 22.6 Å². The van der Waals surface area contributed by atoms with Crippen LogP contribution in [-0.4, -0.2) is 39.2 Å². The first-order valence-electron chi connectivity index (χ1n) is 8.45. The molecule has 7 nitrogen and oxygen atoms in total. The Labute approximate surface area is 154 Å². The summed E-state index contributed by atoms with van der Waals surface area (Å²) in [5.74, 6) is 0.412. The van der Waals surface area contributed by atoms with Crippen LogP contribution < -0.4 is 15.2 Å². The highest BCUT2D eigenvalue weighted by molar-refractivity contribution is 7.08. The van der Waals surface area contributed by atoms with Crippen LogP contribution in [0.15, 0.2) is 46.3 Å². The molecule has 0 spiro atoms. The lowest BCUT2D eigenvalue weighted by Gasteiger charge is -2.17. The molecule has 3 aromatic heterocycles. The highest BCUT2D eigenvalue weighted by Gasteiger charge is 2.24. The van der Waals surface area contributed by atoms with Gasteiger partial charge in [0.2, 0.25) is 0 Å². The monoisotopic (exact) mass is 369 g/mol. The third kappa shape index (κ3) is 3.45. The maximum Gasteiger partial charge on any atom is 0.299 e. The van der Waals surface area contributed by atoms with Crippen LogP contribution in [0.2, 0.25) is 0 Å². The zero-order valence-corrected chi connectivity index (χ0v) is 15.2. The van der Waals surface area contributed by atoms with E-state index in [2.05, 4.69) is 36.7 Å². The Balaban J connectivity index is 1.47. The van der Waals surface area contributed by atoms with Crippen molar-refractivity contribution in [1.82, 2.24) is 19.5 Å². The molecule has 0 amide bonds. The van der Waals surface area contributed by atoms with Crippen LogP contribution in [0.1, 0.15) is 6.42 Å². The molecule has 1 unspecified atom stereocenters. The van der Waals surface area contributed by atoms with Gasteiger partial charge in [-0.15, -0.1) is 0 Å². The van der Waals surface area contributed by atoms with Gasteiger partial charge in [-0.2, -0.15) is 16.3 Å². The summed E-state index contributed by atoms with van der Waals surface area (Å²) in [6, 6.07) is 5.65. The summed E-state index contributed by atoms with van der Waals surface area (Å²) in [7, 11) is 1.67. The molecular formula is C18H19N5O2S. The first-order valence-corrected chi connectivity index (χ1v) is 9.39. The van der Waals surface area contributed by atoms with Gasteiger partial charge < -0.3 is 9.64 Å². The third-order valence-electron chi connectivity index (χ3n) is 4.54. The van der Waals surface area contributed by atoms with E-state index in [-0.39, 0.29) is 5.56 Å². The molecule has 0 bridgehead atoms. The van der Waals surface area contributed by atoms with Crippen LogP contribution in [0.25, 0.3) is 11.4 Å². The summed E-state index contributed by atoms with van der Waals surface area (Å²) in [5, 5.41) is 4.26. The van der Waals surface area contributed by atoms with Crippen molar-refractivity contribution in [3.8, 4) is 17.4 Å². The summed E-state index contributed by atoms with van der Waals surface area (Å²) in [6.45, 7) is 2.52. The molecule has 0 N–H and O–H groups in total. The Morgan fingerprint density at radius 3 is 3.04 bits per heavy atom. The average molecular weight is 369 g/mol. The summed E-state index contributed by atoms with van der Waals surface area (Å²) in [6.07, 6.45) is 4.13. The Hall–Kier alpha value is -2.74. The molecule has 8 heteroatoms. The van der Waals surface area contributed by atoms with Crippen LogP contribution in [0, 0.1) is 5.92 Å². The third-order valence-corrected chi connectivity index (χ3v) is 5.21. The van der Waals surface area contributed by atoms with Crippen LogP contribution in [0.4, 0.5) is 5.69 Å². The lowest BCUT2D eigenvalue weighted by atomic mass is 10.1. The molecule has 26 heavy (non-hydrogen) atoms. The fraction of sp³-hybridized carbons (Fsp3) is 0.333. The minimum absolute atomic E-state index is 0.171. The first-order chi connectivity index (χ1) is 12.7. The van der Waals surface area contributed by atoms with Gasteiger partial charge in [-0.25, -0.2) is 9.97 Å². The van der Waals surface area contributed by atoms with E-state index in [1.807, 2.05) is 0 Å². The standard InChI is InChI=1S/C18H19N5O2S/c1-22-17(24)8-16(15-2-5-19-12-20-15)21-18(22)25-10-13-3-6-23(9-13)14-4-7-26-11-14/h2,4-5,7-8,11-13H,3,6,9-10H2,1H3. The van der Waals surface area contributed by atoms with E-state index in [1.54, 1.807) is 30.6 Å². The van der Waals surface area contributed by atoms with E-state index >= 15 is 0 Å². The van der Waals surface area contributed by atoms with Crippen molar-refractivity contribution < 1.29 is 4.74 Å². The van der Waals surface area contributed by atoms with Crippen molar-refractivity contribution in [3.63, 3.8) is 0 Å². The number of anilines is 1. The quantitative estimate of drug-likeness (QED) is 0.687. The van der Waals surface area contributed by atoms with Crippen LogP contribution in [0.5, 0.6) is 6.01 Å². The van der Waals surface area contributed by atoms with Crippen LogP contribution >= 0.6 is 11.3 Å². The Kier molecular flexibility index (Phi) is 4.66. The normalized spacial score (nSPS) is 16.8. The molecule has 3 aromatic rings. The highest BCUT2D eigenvalue weighted by atomic mass is 32.1. The molecule has 134 valence electrons. The molecule has 4 rings (SSSR count). The van der Waals surface area contributed by atoms with Gasteiger partial charge in [-0.3, -0.25) is 9.36 Å². The van der Waals surface area contributed by atoms with E-state index in [4.69, 9.17) is 4.74 Å². The molecule has 1 atom stereocenters. The Morgan fingerprint density at radius 1 is 1.35 bits per heavy atom. The van der Waals surface area contributed by atoms with E-state index in [0.717, 1.165) is 19.5 Å². The van der Waals surface area contributed by atoms with E-state index in [0.29, 0.717) is 29.9 Å². The second-order valence-corrected chi connectivity index (χ2v) is 7.09. The SMILES string of the molecule is Cn1c(OCC2CCN(c3ccsc3)C2)nc(-c2ccncn2)cc1=O. The average Bonchev–Trinajstić information content (AvgIpc) is 3.35. The maximum atomic E-state index is 12.2. The van der Waals surface area contributed by atoms with Crippen molar-refractivity contribution in [1.29, 1.82) is 0 Å². The number of thiophene rings is 1. The van der Waals surface area contributed by atoms with Gasteiger partial charge >= 0.3 is 0 Å². The fourth-order valence-electron chi connectivity index (χ4n) is 3.05. The van der Waals surface area contributed by atoms with Gasteiger partial charge in [-0.05, 0) is 23.9 Å². The molecule has 0 radical (unpaired) electrons. The van der Waals surface area contributed by atoms with Gasteiger partial charge in [0.1, 0.15) is 6.33 Å². The number of aromatic nitrogens is 4. The molecule has 1 aliphatic heterocycles. The van der Waals surface area contributed by atoms with E-state index in [9.17, 15) is 4.79 Å². The van der Waals surface area contributed by atoms with Gasteiger partial charge in [-0.1, -0.05) is 0 Å². The molecule has 1 aliphatic rings. The second kappa shape index (κ2) is 7.25. The summed E-state index contributed by atoms with van der Waals surface area (Å²) >= 11 is 1.71. The summed E-state index contributed by atoms with van der Waals surface area (Å²) < 4.78 is 7.34. The summed E-state index contributed by atoms with van der Waals surface area (Å²) in [4.78, 5) is 27.1. The van der Waals surface area contributed by atoms with Crippen molar-refractivity contribution in [3.05, 3.63) is 51.8 Å². The lowest BCUT2D eigenvalue weighted by molar-refractivity contribution is 0.231. The predicted octanol–water partition coefficient (Wildman–Crippen LogP) is 2.20. The first kappa shape index (κ1) is 16.7.